The summed E-state index contributed by atoms with van der Waals surface area (Å²) in [6.07, 6.45) is 1.94. The second kappa shape index (κ2) is 7.55. The highest BCUT2D eigenvalue weighted by Gasteiger charge is 2.32. The van der Waals surface area contributed by atoms with E-state index in [9.17, 15) is 4.79 Å². The summed E-state index contributed by atoms with van der Waals surface area (Å²) in [5, 5.41) is 5.00. The topological polar surface area (TPSA) is 46.3 Å². The van der Waals surface area contributed by atoms with Gasteiger partial charge in [-0.25, -0.2) is 0 Å². The van der Waals surface area contributed by atoms with Crippen molar-refractivity contribution in [3.05, 3.63) is 88.8 Å². The molecule has 0 spiro atoms. The SMILES string of the molecule is Cc1ccc(N2C(=O)S/C(=C\c3ccc4noc(-c5ccccc5)c4c3)C2=S)cc1. The third-order valence-electron chi connectivity index (χ3n) is 4.92. The first-order valence-corrected chi connectivity index (χ1v) is 10.6. The largest absolute Gasteiger partial charge is 0.355 e. The van der Waals surface area contributed by atoms with Gasteiger partial charge in [-0.1, -0.05) is 71.5 Å². The monoisotopic (exact) mass is 428 g/mol. The Morgan fingerprint density at radius 3 is 2.57 bits per heavy atom. The summed E-state index contributed by atoms with van der Waals surface area (Å²) < 4.78 is 5.58. The van der Waals surface area contributed by atoms with Crippen molar-refractivity contribution in [3.8, 4) is 11.3 Å². The fraction of sp³-hybridized carbons (Fsp3) is 0.0417. The molecule has 1 aliphatic rings. The first kappa shape index (κ1) is 18.8. The van der Waals surface area contributed by atoms with Crippen LogP contribution in [0.2, 0.25) is 0 Å². The molecule has 1 fully saturated rings. The van der Waals surface area contributed by atoms with Crippen LogP contribution in [0.25, 0.3) is 28.3 Å². The quantitative estimate of drug-likeness (QED) is 0.264. The van der Waals surface area contributed by atoms with Crippen LogP contribution in [0.1, 0.15) is 11.1 Å². The molecule has 2 heterocycles. The summed E-state index contributed by atoms with van der Waals surface area (Å²) in [4.78, 5) is 15.5. The van der Waals surface area contributed by atoms with Crippen LogP contribution in [-0.2, 0) is 0 Å². The molecule has 0 saturated carbocycles. The number of aromatic nitrogens is 1. The first-order valence-electron chi connectivity index (χ1n) is 9.40. The minimum atomic E-state index is -0.0915. The number of aryl methyl sites for hydroxylation is 1. The molecule has 1 amide bonds. The van der Waals surface area contributed by atoms with E-state index in [4.69, 9.17) is 16.7 Å². The number of carbonyl (C=O) groups excluding carboxylic acids is 1. The Hall–Kier alpha value is -3.22. The van der Waals surface area contributed by atoms with Crippen LogP contribution in [-0.4, -0.2) is 15.4 Å². The molecule has 0 atom stereocenters. The zero-order chi connectivity index (χ0) is 20.7. The Bertz CT molecular complexity index is 1310. The molecule has 3 aromatic carbocycles. The number of hydrogen-bond donors (Lipinski definition) is 0. The summed E-state index contributed by atoms with van der Waals surface area (Å²) in [6.45, 7) is 2.01. The van der Waals surface area contributed by atoms with Crippen molar-refractivity contribution in [2.45, 2.75) is 6.92 Å². The predicted molar refractivity (Wildman–Crippen MR) is 127 cm³/mol. The van der Waals surface area contributed by atoms with Gasteiger partial charge in [-0.15, -0.1) is 0 Å². The van der Waals surface area contributed by atoms with Crippen molar-refractivity contribution in [2.75, 3.05) is 4.90 Å². The fourth-order valence-electron chi connectivity index (χ4n) is 3.38. The molecule has 4 nitrogen and oxygen atoms in total. The molecule has 0 N–H and O–H groups in total. The van der Waals surface area contributed by atoms with Crippen LogP contribution in [0.15, 0.2) is 82.2 Å². The summed E-state index contributed by atoms with van der Waals surface area (Å²) >= 11 is 6.77. The molecule has 0 aliphatic carbocycles. The molecular formula is C24H16N2O2S2. The fourth-order valence-corrected chi connectivity index (χ4v) is 4.66. The molecule has 0 radical (unpaired) electrons. The zero-order valence-electron chi connectivity index (χ0n) is 16.0. The van der Waals surface area contributed by atoms with Crippen molar-refractivity contribution in [3.63, 3.8) is 0 Å². The smallest absolute Gasteiger partial charge is 0.296 e. The molecule has 1 saturated heterocycles. The number of rotatable bonds is 3. The number of carbonyl (C=O) groups is 1. The number of nitrogens with zero attached hydrogens (tertiary/aromatic N) is 2. The minimum absolute atomic E-state index is 0.0915. The maximum atomic E-state index is 12.6. The third kappa shape index (κ3) is 3.34. The van der Waals surface area contributed by atoms with Crippen LogP contribution in [0.4, 0.5) is 10.5 Å². The Balaban J connectivity index is 1.51. The first-order chi connectivity index (χ1) is 14.6. The second-order valence-corrected chi connectivity index (χ2v) is 8.39. The number of anilines is 1. The third-order valence-corrected chi connectivity index (χ3v) is 6.34. The van der Waals surface area contributed by atoms with Gasteiger partial charge in [0.25, 0.3) is 5.24 Å². The van der Waals surface area contributed by atoms with E-state index in [0.29, 0.717) is 4.99 Å². The van der Waals surface area contributed by atoms with E-state index in [2.05, 4.69) is 5.16 Å². The van der Waals surface area contributed by atoms with Crippen molar-refractivity contribution in [2.24, 2.45) is 0 Å². The number of fused-ring (bicyclic) bond motifs is 1. The molecule has 6 heteroatoms. The number of thioether (sulfide) groups is 1. The van der Waals surface area contributed by atoms with Gasteiger partial charge in [-0.05, 0) is 54.6 Å². The predicted octanol–water partition coefficient (Wildman–Crippen LogP) is 6.84. The Kier molecular flexibility index (Phi) is 4.73. The van der Waals surface area contributed by atoms with Crippen molar-refractivity contribution >= 4 is 56.9 Å². The average molecular weight is 429 g/mol. The lowest BCUT2D eigenvalue weighted by molar-refractivity contribution is 0.268. The van der Waals surface area contributed by atoms with Gasteiger partial charge in [-0.3, -0.25) is 9.69 Å². The Morgan fingerprint density at radius 1 is 1.03 bits per heavy atom. The normalized spacial score (nSPS) is 15.5. The summed E-state index contributed by atoms with van der Waals surface area (Å²) in [6, 6.07) is 23.5. The van der Waals surface area contributed by atoms with Crippen LogP contribution in [0, 0.1) is 6.92 Å². The molecule has 5 rings (SSSR count). The van der Waals surface area contributed by atoms with Gasteiger partial charge in [-0.2, -0.15) is 0 Å². The van der Waals surface area contributed by atoms with E-state index in [1.807, 2.05) is 85.8 Å². The average Bonchev–Trinajstić information content (AvgIpc) is 3.30. The molecule has 30 heavy (non-hydrogen) atoms. The zero-order valence-corrected chi connectivity index (χ0v) is 17.7. The maximum Gasteiger partial charge on any atom is 0.296 e. The van der Waals surface area contributed by atoms with E-state index in [1.54, 1.807) is 4.90 Å². The number of hydrogen-bond acceptors (Lipinski definition) is 5. The Labute approximate surface area is 183 Å². The van der Waals surface area contributed by atoms with Crippen molar-refractivity contribution in [1.29, 1.82) is 0 Å². The lowest BCUT2D eigenvalue weighted by atomic mass is 10.1. The van der Waals surface area contributed by atoms with Gasteiger partial charge in [0.1, 0.15) is 10.5 Å². The van der Waals surface area contributed by atoms with E-state index < -0.39 is 0 Å². The lowest BCUT2D eigenvalue weighted by Gasteiger charge is -2.14. The molecule has 0 bridgehead atoms. The van der Waals surface area contributed by atoms with Gasteiger partial charge in [0.2, 0.25) is 0 Å². The van der Waals surface area contributed by atoms with Crippen LogP contribution >= 0.6 is 24.0 Å². The highest BCUT2D eigenvalue weighted by molar-refractivity contribution is 8.20. The molecule has 1 aliphatic heterocycles. The van der Waals surface area contributed by atoms with E-state index >= 15 is 0 Å². The Morgan fingerprint density at radius 2 is 1.80 bits per heavy atom. The van der Waals surface area contributed by atoms with Crippen LogP contribution in [0.5, 0.6) is 0 Å². The van der Waals surface area contributed by atoms with Gasteiger partial charge >= 0.3 is 0 Å². The molecule has 1 aromatic heterocycles. The number of amides is 1. The van der Waals surface area contributed by atoms with E-state index in [0.717, 1.165) is 55.7 Å². The van der Waals surface area contributed by atoms with Crippen molar-refractivity contribution < 1.29 is 9.32 Å². The van der Waals surface area contributed by atoms with Gasteiger partial charge in [0.05, 0.1) is 16.0 Å². The standard InChI is InChI=1S/C24H16N2O2S2/c1-15-7-10-18(11-8-15)26-23(29)21(30-24(26)27)14-16-9-12-20-19(13-16)22(28-25-20)17-5-3-2-4-6-17/h2-14H,1H3/b21-14-. The van der Waals surface area contributed by atoms with E-state index in [-0.39, 0.29) is 5.24 Å². The summed E-state index contributed by atoms with van der Waals surface area (Å²) in [5.74, 6) is 0.727. The summed E-state index contributed by atoms with van der Waals surface area (Å²) in [7, 11) is 0. The second-order valence-electron chi connectivity index (χ2n) is 7.01. The summed E-state index contributed by atoms with van der Waals surface area (Å²) in [5.41, 5.74) is 4.61. The van der Waals surface area contributed by atoms with Crippen molar-refractivity contribution in [1.82, 2.24) is 5.16 Å². The minimum Gasteiger partial charge on any atom is -0.355 e. The van der Waals surface area contributed by atoms with Crippen LogP contribution in [0.3, 0.4) is 0 Å². The number of thiocarbonyl (C=S) groups is 1. The highest BCUT2D eigenvalue weighted by Crippen LogP contribution is 2.37. The molecular weight excluding hydrogens is 412 g/mol. The van der Waals surface area contributed by atoms with Gasteiger partial charge in [0.15, 0.2) is 5.76 Å². The van der Waals surface area contributed by atoms with Gasteiger partial charge in [0, 0.05) is 5.56 Å². The molecule has 0 unspecified atom stereocenters. The highest BCUT2D eigenvalue weighted by atomic mass is 32.2. The maximum absolute atomic E-state index is 12.6. The number of benzene rings is 3. The van der Waals surface area contributed by atoms with Gasteiger partial charge < -0.3 is 4.52 Å². The van der Waals surface area contributed by atoms with E-state index in [1.165, 1.54) is 0 Å². The van der Waals surface area contributed by atoms with Crippen LogP contribution < -0.4 is 4.90 Å². The molecule has 146 valence electrons. The molecule has 4 aromatic rings. The lowest BCUT2D eigenvalue weighted by Crippen LogP contribution is -2.26.